The second-order valence-electron chi connectivity index (χ2n) is 4.42. The van der Waals surface area contributed by atoms with Crippen LogP contribution in [0.3, 0.4) is 0 Å². The molecule has 0 aliphatic heterocycles. The van der Waals surface area contributed by atoms with Crippen molar-refractivity contribution in [2.45, 2.75) is 6.42 Å². The fourth-order valence-electron chi connectivity index (χ4n) is 1.93. The SMILES string of the molecule is NCCc1cccc(Br)c1OCCOc1cccc(Br)c1. The van der Waals surface area contributed by atoms with E-state index in [0.29, 0.717) is 19.8 Å². The summed E-state index contributed by atoms with van der Waals surface area (Å²) in [6, 6.07) is 13.7. The van der Waals surface area contributed by atoms with Crippen LogP contribution in [0.1, 0.15) is 5.56 Å². The molecular weight excluding hydrogens is 398 g/mol. The number of ether oxygens (including phenoxy) is 2. The summed E-state index contributed by atoms with van der Waals surface area (Å²) in [5, 5.41) is 0. The van der Waals surface area contributed by atoms with Crippen LogP contribution in [0.4, 0.5) is 0 Å². The van der Waals surface area contributed by atoms with E-state index in [9.17, 15) is 0 Å². The van der Waals surface area contributed by atoms with Crippen LogP contribution in [0.5, 0.6) is 11.5 Å². The van der Waals surface area contributed by atoms with E-state index in [-0.39, 0.29) is 0 Å². The smallest absolute Gasteiger partial charge is 0.136 e. The van der Waals surface area contributed by atoms with Gasteiger partial charge in [-0.15, -0.1) is 0 Å². The molecular formula is C16H17Br2NO2. The summed E-state index contributed by atoms with van der Waals surface area (Å²) in [5.41, 5.74) is 6.73. The van der Waals surface area contributed by atoms with E-state index < -0.39 is 0 Å². The van der Waals surface area contributed by atoms with Gasteiger partial charge in [-0.2, -0.15) is 0 Å². The topological polar surface area (TPSA) is 44.5 Å². The number of nitrogens with two attached hydrogens (primary N) is 1. The average Bonchev–Trinajstić information content (AvgIpc) is 2.46. The molecule has 2 aromatic rings. The normalized spacial score (nSPS) is 10.4. The van der Waals surface area contributed by atoms with Crippen LogP contribution in [0.15, 0.2) is 51.4 Å². The summed E-state index contributed by atoms with van der Waals surface area (Å²) < 4.78 is 13.4. The minimum Gasteiger partial charge on any atom is -0.490 e. The Balaban J connectivity index is 1.89. The largest absolute Gasteiger partial charge is 0.490 e. The van der Waals surface area contributed by atoms with E-state index in [1.54, 1.807) is 0 Å². The fourth-order valence-corrected chi connectivity index (χ4v) is 2.83. The van der Waals surface area contributed by atoms with Crippen LogP contribution in [-0.2, 0) is 6.42 Å². The molecule has 112 valence electrons. The van der Waals surface area contributed by atoms with Gasteiger partial charge in [0.15, 0.2) is 0 Å². The van der Waals surface area contributed by atoms with Crippen LogP contribution in [0, 0.1) is 0 Å². The van der Waals surface area contributed by atoms with Gasteiger partial charge in [0, 0.05) is 4.47 Å². The fraction of sp³-hybridized carbons (Fsp3) is 0.250. The van der Waals surface area contributed by atoms with Gasteiger partial charge in [0.25, 0.3) is 0 Å². The predicted molar refractivity (Wildman–Crippen MR) is 92.0 cm³/mol. The molecule has 0 atom stereocenters. The Hall–Kier alpha value is -1.04. The second-order valence-corrected chi connectivity index (χ2v) is 6.19. The molecule has 0 aromatic heterocycles. The zero-order valence-corrected chi connectivity index (χ0v) is 14.7. The minimum atomic E-state index is 0.479. The van der Waals surface area contributed by atoms with Crippen LogP contribution in [-0.4, -0.2) is 19.8 Å². The molecule has 2 aromatic carbocycles. The first-order valence-corrected chi connectivity index (χ1v) is 8.28. The van der Waals surface area contributed by atoms with Crippen LogP contribution in [0.2, 0.25) is 0 Å². The first-order chi connectivity index (χ1) is 10.2. The minimum absolute atomic E-state index is 0.479. The van der Waals surface area contributed by atoms with Crippen molar-refractivity contribution < 1.29 is 9.47 Å². The molecule has 0 radical (unpaired) electrons. The molecule has 0 saturated heterocycles. The molecule has 0 fully saturated rings. The van der Waals surface area contributed by atoms with Gasteiger partial charge in [-0.3, -0.25) is 0 Å². The lowest BCUT2D eigenvalue weighted by molar-refractivity contribution is 0.215. The Bertz CT molecular complexity index is 590. The number of para-hydroxylation sites is 1. The monoisotopic (exact) mass is 413 g/mol. The highest BCUT2D eigenvalue weighted by Gasteiger charge is 2.07. The quantitative estimate of drug-likeness (QED) is 0.691. The standard InChI is InChI=1S/C16H17Br2NO2/c17-13-4-2-5-14(11-13)20-9-10-21-16-12(7-8-19)3-1-6-15(16)18/h1-6,11H,7-10,19H2. The Morgan fingerprint density at radius 2 is 1.71 bits per heavy atom. The molecule has 0 bridgehead atoms. The van der Waals surface area contributed by atoms with Crippen molar-refractivity contribution in [1.29, 1.82) is 0 Å². The number of rotatable bonds is 7. The molecule has 0 saturated carbocycles. The Kier molecular flexibility index (Phi) is 6.54. The average molecular weight is 415 g/mol. The maximum atomic E-state index is 5.83. The van der Waals surface area contributed by atoms with Gasteiger partial charge >= 0.3 is 0 Å². The van der Waals surface area contributed by atoms with Gasteiger partial charge in [-0.1, -0.05) is 34.1 Å². The Labute approximate surface area is 141 Å². The molecule has 21 heavy (non-hydrogen) atoms. The first kappa shape index (κ1) is 16.3. The molecule has 0 aliphatic rings. The zero-order chi connectivity index (χ0) is 15.1. The third kappa shape index (κ3) is 5.02. The molecule has 0 aliphatic carbocycles. The molecule has 3 nitrogen and oxygen atoms in total. The number of hydrogen-bond acceptors (Lipinski definition) is 3. The number of halogens is 2. The third-order valence-electron chi connectivity index (χ3n) is 2.86. The maximum absolute atomic E-state index is 5.83. The van der Waals surface area contributed by atoms with Crippen LogP contribution in [0.25, 0.3) is 0 Å². The molecule has 0 amide bonds. The van der Waals surface area contributed by atoms with E-state index in [4.69, 9.17) is 15.2 Å². The van der Waals surface area contributed by atoms with Crippen molar-refractivity contribution in [2.24, 2.45) is 5.73 Å². The van der Waals surface area contributed by atoms with Gasteiger partial charge in [-0.05, 0) is 58.7 Å². The van der Waals surface area contributed by atoms with Crippen molar-refractivity contribution in [3.05, 3.63) is 57.0 Å². The second kappa shape index (κ2) is 8.41. The van der Waals surface area contributed by atoms with Crippen molar-refractivity contribution in [3.63, 3.8) is 0 Å². The first-order valence-electron chi connectivity index (χ1n) is 6.69. The van der Waals surface area contributed by atoms with Gasteiger partial charge < -0.3 is 15.2 Å². The Morgan fingerprint density at radius 1 is 0.952 bits per heavy atom. The summed E-state index contributed by atoms with van der Waals surface area (Å²) in [5.74, 6) is 1.67. The number of hydrogen-bond donors (Lipinski definition) is 1. The lowest BCUT2D eigenvalue weighted by Crippen LogP contribution is -2.11. The highest BCUT2D eigenvalue weighted by Crippen LogP contribution is 2.29. The van der Waals surface area contributed by atoms with E-state index in [1.807, 2.05) is 42.5 Å². The summed E-state index contributed by atoms with van der Waals surface area (Å²) in [6.45, 7) is 1.56. The predicted octanol–water partition coefficient (Wildman–Crippen LogP) is 4.17. The van der Waals surface area contributed by atoms with E-state index in [0.717, 1.165) is 32.4 Å². The van der Waals surface area contributed by atoms with Crippen LogP contribution >= 0.6 is 31.9 Å². The molecule has 0 spiro atoms. The van der Waals surface area contributed by atoms with E-state index in [1.165, 1.54) is 0 Å². The van der Waals surface area contributed by atoms with Gasteiger partial charge in [0.2, 0.25) is 0 Å². The highest BCUT2D eigenvalue weighted by molar-refractivity contribution is 9.10. The molecule has 0 heterocycles. The third-order valence-corrected chi connectivity index (χ3v) is 3.97. The van der Waals surface area contributed by atoms with Crippen molar-refractivity contribution in [1.82, 2.24) is 0 Å². The molecule has 2 rings (SSSR count). The maximum Gasteiger partial charge on any atom is 0.136 e. The van der Waals surface area contributed by atoms with Crippen molar-refractivity contribution >= 4 is 31.9 Å². The van der Waals surface area contributed by atoms with Crippen LogP contribution < -0.4 is 15.2 Å². The summed E-state index contributed by atoms with van der Waals surface area (Å²) >= 11 is 6.93. The molecule has 5 heteroatoms. The lowest BCUT2D eigenvalue weighted by Gasteiger charge is -2.13. The number of benzene rings is 2. The van der Waals surface area contributed by atoms with E-state index >= 15 is 0 Å². The highest BCUT2D eigenvalue weighted by atomic mass is 79.9. The molecule has 0 unspecified atom stereocenters. The summed E-state index contributed by atoms with van der Waals surface area (Å²) in [4.78, 5) is 0. The van der Waals surface area contributed by atoms with Gasteiger partial charge in [0.05, 0.1) is 4.47 Å². The van der Waals surface area contributed by atoms with Gasteiger partial charge in [-0.25, -0.2) is 0 Å². The van der Waals surface area contributed by atoms with Crippen molar-refractivity contribution in [2.75, 3.05) is 19.8 Å². The summed E-state index contributed by atoms with van der Waals surface area (Å²) in [6.07, 6.45) is 0.793. The summed E-state index contributed by atoms with van der Waals surface area (Å²) in [7, 11) is 0. The van der Waals surface area contributed by atoms with E-state index in [2.05, 4.69) is 31.9 Å². The van der Waals surface area contributed by atoms with Crippen molar-refractivity contribution in [3.8, 4) is 11.5 Å². The Morgan fingerprint density at radius 3 is 2.48 bits per heavy atom. The van der Waals surface area contributed by atoms with Gasteiger partial charge in [0.1, 0.15) is 24.7 Å². The zero-order valence-electron chi connectivity index (χ0n) is 11.5. The lowest BCUT2D eigenvalue weighted by atomic mass is 10.1. The molecule has 2 N–H and O–H groups in total.